The minimum atomic E-state index is -0.183. The van der Waals surface area contributed by atoms with Crippen molar-refractivity contribution in [2.75, 3.05) is 9.80 Å². The number of nitrogens with zero attached hydrogens (tertiary/aromatic N) is 6. The molecule has 10 rings (SSSR count). The summed E-state index contributed by atoms with van der Waals surface area (Å²) >= 11 is 0. The quantitative estimate of drug-likeness (QED) is 0.133. The first-order chi connectivity index (χ1) is 26.2. The maximum absolute atomic E-state index is 10.0. The van der Waals surface area contributed by atoms with Crippen molar-refractivity contribution in [1.29, 1.82) is 5.26 Å². The van der Waals surface area contributed by atoms with Crippen LogP contribution in [0.15, 0.2) is 133 Å². The largest absolute Gasteiger partial charge is 0.358 e. The van der Waals surface area contributed by atoms with Crippen molar-refractivity contribution in [1.82, 2.24) is 9.97 Å². The topological polar surface area (TPSA) is 60.4 Å². The fraction of sp³-hybridized carbons (Fsp3) is 0.125. The molecule has 1 aromatic heterocycles. The Balaban J connectivity index is 1.29. The van der Waals surface area contributed by atoms with Crippen molar-refractivity contribution in [3.05, 3.63) is 173 Å². The van der Waals surface area contributed by atoms with E-state index in [1.165, 1.54) is 22.3 Å². The minimum Gasteiger partial charge on any atom is -0.358 e. The number of fused-ring (bicyclic) bond motifs is 10. The molecule has 0 atom stereocenters. The fourth-order valence-electron chi connectivity index (χ4n) is 9.05. The number of benzene rings is 7. The van der Waals surface area contributed by atoms with Gasteiger partial charge in [-0.1, -0.05) is 107 Å². The highest BCUT2D eigenvalue weighted by atomic mass is 15.2. The van der Waals surface area contributed by atoms with E-state index in [1.807, 2.05) is 0 Å². The number of hydrogen-bond acceptors (Lipinski definition) is 5. The molecule has 0 saturated heterocycles. The molecule has 0 N–H and O–H groups in total. The summed E-state index contributed by atoms with van der Waals surface area (Å²) < 4.78 is 0. The van der Waals surface area contributed by atoms with E-state index >= 15 is 0 Å². The number of nitriles is 1. The van der Waals surface area contributed by atoms with Crippen LogP contribution in [0.25, 0.3) is 37.4 Å². The van der Waals surface area contributed by atoms with E-state index in [0.29, 0.717) is 11.0 Å². The average molecular weight is 695 g/mol. The second kappa shape index (κ2) is 11.2. The zero-order valence-electron chi connectivity index (χ0n) is 30.4. The molecule has 256 valence electrons. The molecule has 0 amide bonds. The normalized spacial score (nSPS) is 14.9. The van der Waals surface area contributed by atoms with Gasteiger partial charge in [0.25, 0.3) is 0 Å². The Hall–Kier alpha value is -7.02. The van der Waals surface area contributed by atoms with Crippen molar-refractivity contribution >= 4 is 72.5 Å². The smallest absolute Gasteiger partial charge is 0.307 e. The van der Waals surface area contributed by atoms with E-state index in [1.54, 1.807) is 0 Å². The molecule has 0 fully saturated rings. The van der Waals surface area contributed by atoms with Crippen LogP contribution in [0.3, 0.4) is 0 Å². The molecule has 0 saturated carbocycles. The van der Waals surface area contributed by atoms with Crippen LogP contribution in [-0.4, -0.2) is 9.97 Å². The van der Waals surface area contributed by atoms with Crippen molar-refractivity contribution in [2.45, 2.75) is 38.5 Å². The van der Waals surface area contributed by atoms with Gasteiger partial charge in [0.05, 0.1) is 22.7 Å². The van der Waals surface area contributed by atoms with Crippen LogP contribution in [0, 0.1) is 17.9 Å². The molecule has 6 nitrogen and oxygen atoms in total. The number of rotatable bonds is 2. The SMILES string of the molecule is [C-]#[N+]c1nc2c3ccc(N4c5ccccc5C(C)(C)c5ccccc54)cc3c3cc(N4c5ccccc5C(C)(C)c5ccccc54)ccc3c2nc1C#N. The molecule has 3 heterocycles. The summed E-state index contributed by atoms with van der Waals surface area (Å²) in [5.74, 6) is 0.0107. The Morgan fingerprint density at radius 3 is 1.26 bits per heavy atom. The minimum absolute atomic E-state index is 0.0107. The lowest BCUT2D eigenvalue weighted by Crippen LogP contribution is -2.30. The number of anilines is 6. The summed E-state index contributed by atoms with van der Waals surface area (Å²) in [5, 5.41) is 13.7. The monoisotopic (exact) mass is 694 g/mol. The van der Waals surface area contributed by atoms with Crippen LogP contribution in [0.5, 0.6) is 0 Å². The molecule has 0 radical (unpaired) electrons. The predicted molar refractivity (Wildman–Crippen MR) is 219 cm³/mol. The van der Waals surface area contributed by atoms with Crippen LogP contribution in [0.4, 0.5) is 39.9 Å². The Kier molecular flexibility index (Phi) is 6.60. The first-order valence-electron chi connectivity index (χ1n) is 18.2. The molecule has 0 bridgehead atoms. The third-order valence-corrected chi connectivity index (χ3v) is 11.7. The Bertz CT molecular complexity index is 2700. The van der Waals surface area contributed by atoms with Crippen LogP contribution in [-0.2, 0) is 10.8 Å². The van der Waals surface area contributed by atoms with Gasteiger partial charge in [-0.2, -0.15) is 5.26 Å². The maximum Gasteiger partial charge on any atom is 0.307 e. The van der Waals surface area contributed by atoms with Gasteiger partial charge in [0.15, 0.2) is 11.2 Å². The van der Waals surface area contributed by atoms with Crippen molar-refractivity contribution < 1.29 is 0 Å². The van der Waals surface area contributed by atoms with Gasteiger partial charge >= 0.3 is 5.82 Å². The summed E-state index contributed by atoms with van der Waals surface area (Å²) in [6.07, 6.45) is 0. The Labute approximate surface area is 314 Å². The zero-order valence-corrected chi connectivity index (χ0v) is 30.4. The van der Waals surface area contributed by atoms with Crippen LogP contribution < -0.4 is 9.80 Å². The summed E-state index contributed by atoms with van der Waals surface area (Å²) in [4.78, 5) is 17.9. The highest BCUT2D eigenvalue weighted by Gasteiger charge is 2.38. The van der Waals surface area contributed by atoms with Gasteiger partial charge < -0.3 is 14.6 Å². The molecule has 7 aromatic carbocycles. The number of hydrogen-bond donors (Lipinski definition) is 0. The summed E-state index contributed by atoms with van der Waals surface area (Å²) in [6, 6.07) is 49.8. The highest BCUT2D eigenvalue weighted by molar-refractivity contribution is 6.24. The lowest BCUT2D eigenvalue weighted by atomic mass is 9.73. The lowest BCUT2D eigenvalue weighted by Gasteiger charge is -2.42. The van der Waals surface area contributed by atoms with Gasteiger partial charge in [-0.3, -0.25) is 0 Å². The number of para-hydroxylation sites is 4. The van der Waals surface area contributed by atoms with E-state index in [-0.39, 0.29) is 22.3 Å². The Morgan fingerprint density at radius 1 is 0.519 bits per heavy atom. The van der Waals surface area contributed by atoms with Gasteiger partial charge in [-0.05, 0) is 93.7 Å². The molecule has 0 unspecified atom stereocenters. The summed E-state index contributed by atoms with van der Waals surface area (Å²) in [5.41, 5.74) is 12.5. The van der Waals surface area contributed by atoms with Crippen molar-refractivity contribution in [3.8, 4) is 6.07 Å². The molecule has 0 aliphatic carbocycles. The van der Waals surface area contributed by atoms with E-state index < -0.39 is 0 Å². The van der Waals surface area contributed by atoms with Gasteiger partial charge in [0.1, 0.15) is 11.6 Å². The zero-order chi connectivity index (χ0) is 36.9. The highest BCUT2D eigenvalue weighted by Crippen LogP contribution is 2.54. The lowest BCUT2D eigenvalue weighted by molar-refractivity contribution is 0.632. The van der Waals surface area contributed by atoms with E-state index in [2.05, 4.69) is 182 Å². The first kappa shape index (κ1) is 31.7. The van der Waals surface area contributed by atoms with Gasteiger partial charge in [-0.15, -0.1) is 4.98 Å². The number of aromatic nitrogens is 2. The van der Waals surface area contributed by atoms with E-state index in [0.717, 1.165) is 55.7 Å². The van der Waals surface area contributed by atoms with Gasteiger partial charge in [-0.25, -0.2) is 4.98 Å². The first-order valence-corrected chi connectivity index (χ1v) is 18.2. The van der Waals surface area contributed by atoms with Crippen LogP contribution in [0.1, 0.15) is 55.6 Å². The molecule has 2 aliphatic rings. The van der Waals surface area contributed by atoms with E-state index in [4.69, 9.17) is 16.5 Å². The Morgan fingerprint density at radius 2 is 0.889 bits per heavy atom. The predicted octanol–water partition coefficient (Wildman–Crippen LogP) is 12.6. The molecule has 0 spiro atoms. The fourth-order valence-corrected chi connectivity index (χ4v) is 9.05. The summed E-state index contributed by atoms with van der Waals surface area (Å²) in [7, 11) is 0. The molecule has 2 aliphatic heterocycles. The molecule has 54 heavy (non-hydrogen) atoms. The standard InChI is InChI=1S/C48H34N6/c1-47(2)35-14-6-10-18-40(35)53(41-19-11-7-15-36(41)47)29-22-24-31-33(26-29)34-27-30(23-25-32(34)45-44(31)51-39(28-49)46(50-5)52-45)54-42-20-12-8-16-37(42)48(3,4)38-17-9-13-21-43(38)54/h6-27H,1-4H3. The van der Waals surface area contributed by atoms with E-state index in [9.17, 15) is 5.26 Å². The second-order valence-corrected chi connectivity index (χ2v) is 15.3. The molecular formula is C48H34N6. The van der Waals surface area contributed by atoms with Gasteiger partial charge in [0, 0.05) is 33.0 Å². The maximum atomic E-state index is 10.0. The summed E-state index contributed by atoms with van der Waals surface area (Å²) in [6.45, 7) is 17.0. The third kappa shape index (κ3) is 4.26. The van der Waals surface area contributed by atoms with Crippen LogP contribution >= 0.6 is 0 Å². The molecule has 8 aromatic rings. The van der Waals surface area contributed by atoms with Gasteiger partial charge in [0.2, 0.25) is 0 Å². The second-order valence-electron chi connectivity index (χ2n) is 15.3. The third-order valence-electron chi connectivity index (χ3n) is 11.7. The van der Waals surface area contributed by atoms with Crippen LogP contribution in [0.2, 0.25) is 0 Å². The van der Waals surface area contributed by atoms with Crippen molar-refractivity contribution in [3.63, 3.8) is 0 Å². The molecule has 6 heteroatoms. The average Bonchev–Trinajstić information content (AvgIpc) is 3.20. The van der Waals surface area contributed by atoms with Crippen molar-refractivity contribution in [2.24, 2.45) is 0 Å². The molecular weight excluding hydrogens is 661 g/mol.